The van der Waals surface area contributed by atoms with Crippen LogP contribution in [0.25, 0.3) is 0 Å². The van der Waals surface area contributed by atoms with Crippen LogP contribution in [0.1, 0.15) is 44.9 Å². The van der Waals surface area contributed by atoms with Crippen LogP contribution in [-0.2, 0) is 4.74 Å². The second-order valence-electron chi connectivity index (χ2n) is 4.72. The zero-order valence-corrected chi connectivity index (χ0v) is 8.74. The summed E-state index contributed by atoms with van der Waals surface area (Å²) in [6.07, 6.45) is 9.41. The smallest absolute Gasteiger partial charge is 0.0760 e. The van der Waals surface area contributed by atoms with Crippen LogP contribution in [0, 0.1) is 0 Å². The molecule has 2 rings (SSSR count). The van der Waals surface area contributed by atoms with E-state index in [0.29, 0.717) is 0 Å². The van der Waals surface area contributed by atoms with Gasteiger partial charge in [0.05, 0.1) is 17.8 Å². The third-order valence-corrected chi connectivity index (χ3v) is 3.56. The fourth-order valence-electron chi connectivity index (χ4n) is 2.86. The van der Waals surface area contributed by atoms with E-state index >= 15 is 0 Å². The summed E-state index contributed by atoms with van der Waals surface area (Å²) in [4.78, 5) is 0. The SMILES string of the molecule is C=CC1CCCC2(CCCC(O)C2)O1. The summed E-state index contributed by atoms with van der Waals surface area (Å²) in [5.41, 5.74) is -0.0191. The highest BCUT2D eigenvalue weighted by atomic mass is 16.5. The molecule has 0 bridgehead atoms. The van der Waals surface area contributed by atoms with Crippen molar-refractivity contribution >= 4 is 0 Å². The molecule has 80 valence electrons. The maximum absolute atomic E-state index is 9.68. The minimum Gasteiger partial charge on any atom is -0.393 e. The lowest BCUT2D eigenvalue weighted by Crippen LogP contribution is -2.45. The second kappa shape index (κ2) is 4.03. The molecule has 0 aromatic heterocycles. The van der Waals surface area contributed by atoms with E-state index in [4.69, 9.17) is 4.74 Å². The lowest BCUT2D eigenvalue weighted by Gasteiger charge is -2.44. The standard InChI is InChI=1S/C12H20O2/c1-2-11-6-4-8-12(14-11)7-3-5-10(13)9-12/h2,10-11,13H,1,3-9H2. The van der Waals surface area contributed by atoms with Gasteiger partial charge in [0.15, 0.2) is 0 Å². The Morgan fingerprint density at radius 3 is 2.64 bits per heavy atom. The first-order valence-corrected chi connectivity index (χ1v) is 5.73. The normalized spacial score (nSPS) is 43.8. The quantitative estimate of drug-likeness (QED) is 0.653. The molecule has 0 aromatic carbocycles. The molecular formula is C12H20O2. The average Bonchev–Trinajstić information content (AvgIpc) is 2.17. The Morgan fingerprint density at radius 2 is 2.00 bits per heavy atom. The average molecular weight is 196 g/mol. The molecule has 2 nitrogen and oxygen atoms in total. The van der Waals surface area contributed by atoms with E-state index in [9.17, 15) is 5.11 Å². The number of ether oxygens (including phenoxy) is 1. The maximum Gasteiger partial charge on any atom is 0.0760 e. The van der Waals surface area contributed by atoms with E-state index in [-0.39, 0.29) is 17.8 Å². The van der Waals surface area contributed by atoms with Crippen molar-refractivity contribution in [2.24, 2.45) is 0 Å². The van der Waals surface area contributed by atoms with Crippen molar-refractivity contribution in [3.8, 4) is 0 Å². The Bertz CT molecular complexity index is 210. The molecular weight excluding hydrogens is 176 g/mol. The van der Waals surface area contributed by atoms with E-state index in [1.54, 1.807) is 0 Å². The Morgan fingerprint density at radius 1 is 1.29 bits per heavy atom. The van der Waals surface area contributed by atoms with Crippen molar-refractivity contribution in [2.45, 2.75) is 62.8 Å². The van der Waals surface area contributed by atoms with E-state index in [1.165, 1.54) is 6.42 Å². The minimum absolute atomic E-state index is 0.0191. The number of hydrogen-bond acceptors (Lipinski definition) is 2. The molecule has 0 radical (unpaired) electrons. The molecule has 1 N–H and O–H groups in total. The topological polar surface area (TPSA) is 29.5 Å². The van der Waals surface area contributed by atoms with E-state index in [0.717, 1.165) is 38.5 Å². The largest absolute Gasteiger partial charge is 0.393 e. The summed E-state index contributed by atoms with van der Waals surface area (Å²) in [6.45, 7) is 3.79. The van der Waals surface area contributed by atoms with Crippen LogP contribution in [0.3, 0.4) is 0 Å². The van der Waals surface area contributed by atoms with Crippen molar-refractivity contribution < 1.29 is 9.84 Å². The van der Waals surface area contributed by atoms with E-state index in [2.05, 4.69) is 6.58 Å². The van der Waals surface area contributed by atoms with Crippen molar-refractivity contribution in [3.05, 3.63) is 12.7 Å². The van der Waals surface area contributed by atoms with Gasteiger partial charge in [0.25, 0.3) is 0 Å². The molecule has 3 atom stereocenters. The Balaban J connectivity index is 2.02. The fraction of sp³-hybridized carbons (Fsp3) is 0.833. The Hall–Kier alpha value is -0.340. The first-order chi connectivity index (χ1) is 6.74. The summed E-state index contributed by atoms with van der Waals surface area (Å²) in [6, 6.07) is 0. The van der Waals surface area contributed by atoms with Crippen molar-refractivity contribution in [3.63, 3.8) is 0 Å². The second-order valence-corrected chi connectivity index (χ2v) is 4.72. The van der Waals surface area contributed by atoms with Crippen molar-refractivity contribution in [1.82, 2.24) is 0 Å². The number of hydrogen-bond donors (Lipinski definition) is 1. The molecule has 1 saturated heterocycles. The number of aliphatic hydroxyl groups is 1. The maximum atomic E-state index is 9.68. The van der Waals surface area contributed by atoms with Crippen LogP contribution < -0.4 is 0 Å². The monoisotopic (exact) mass is 196 g/mol. The highest BCUT2D eigenvalue weighted by Gasteiger charge is 2.40. The summed E-state index contributed by atoms with van der Waals surface area (Å²) < 4.78 is 6.06. The van der Waals surface area contributed by atoms with Crippen LogP contribution in [0.2, 0.25) is 0 Å². The molecule has 1 saturated carbocycles. The van der Waals surface area contributed by atoms with Gasteiger partial charge in [-0.15, -0.1) is 6.58 Å². The zero-order chi connectivity index (χ0) is 10.0. The van der Waals surface area contributed by atoms with Gasteiger partial charge in [-0.2, -0.15) is 0 Å². The molecule has 3 unspecified atom stereocenters. The molecule has 1 aliphatic carbocycles. The molecule has 2 fully saturated rings. The van der Waals surface area contributed by atoms with Crippen LogP contribution in [0.5, 0.6) is 0 Å². The molecule has 1 aliphatic heterocycles. The van der Waals surface area contributed by atoms with Gasteiger partial charge in [-0.3, -0.25) is 0 Å². The van der Waals surface area contributed by atoms with E-state index < -0.39 is 0 Å². The Kier molecular flexibility index (Phi) is 2.93. The molecule has 14 heavy (non-hydrogen) atoms. The van der Waals surface area contributed by atoms with Crippen molar-refractivity contribution in [2.75, 3.05) is 0 Å². The number of aliphatic hydroxyl groups excluding tert-OH is 1. The fourth-order valence-corrected chi connectivity index (χ4v) is 2.86. The summed E-state index contributed by atoms with van der Waals surface area (Å²) >= 11 is 0. The molecule has 0 amide bonds. The molecule has 2 heteroatoms. The van der Waals surface area contributed by atoms with E-state index in [1.807, 2.05) is 6.08 Å². The molecule has 1 spiro atoms. The molecule has 2 aliphatic rings. The van der Waals surface area contributed by atoms with Gasteiger partial charge in [0.2, 0.25) is 0 Å². The molecule has 0 aromatic rings. The lowest BCUT2D eigenvalue weighted by atomic mass is 9.77. The molecule has 1 heterocycles. The first kappa shape index (κ1) is 10.2. The van der Waals surface area contributed by atoms with Gasteiger partial charge in [0.1, 0.15) is 0 Å². The number of rotatable bonds is 1. The van der Waals surface area contributed by atoms with Crippen molar-refractivity contribution in [1.29, 1.82) is 0 Å². The first-order valence-electron chi connectivity index (χ1n) is 5.73. The zero-order valence-electron chi connectivity index (χ0n) is 8.74. The van der Waals surface area contributed by atoms with Crippen LogP contribution >= 0.6 is 0 Å². The predicted octanol–water partition coefficient (Wildman–Crippen LogP) is 2.42. The predicted molar refractivity (Wildman–Crippen MR) is 56.1 cm³/mol. The summed E-state index contributed by atoms with van der Waals surface area (Å²) in [5.74, 6) is 0. The minimum atomic E-state index is -0.146. The van der Waals surface area contributed by atoms with Gasteiger partial charge < -0.3 is 9.84 Å². The highest BCUT2D eigenvalue weighted by molar-refractivity contribution is 4.95. The van der Waals surface area contributed by atoms with Gasteiger partial charge in [-0.05, 0) is 38.5 Å². The van der Waals surface area contributed by atoms with Gasteiger partial charge >= 0.3 is 0 Å². The van der Waals surface area contributed by atoms with Crippen LogP contribution in [-0.4, -0.2) is 22.9 Å². The van der Waals surface area contributed by atoms with Gasteiger partial charge in [-0.25, -0.2) is 0 Å². The van der Waals surface area contributed by atoms with Gasteiger partial charge in [0, 0.05) is 6.42 Å². The summed E-state index contributed by atoms with van der Waals surface area (Å²) in [7, 11) is 0. The highest BCUT2D eigenvalue weighted by Crippen LogP contribution is 2.40. The summed E-state index contributed by atoms with van der Waals surface area (Å²) in [5, 5.41) is 9.68. The van der Waals surface area contributed by atoms with Gasteiger partial charge in [-0.1, -0.05) is 6.08 Å². The Labute approximate surface area is 86.0 Å². The third kappa shape index (κ3) is 2.01. The van der Waals surface area contributed by atoms with Crippen LogP contribution in [0.15, 0.2) is 12.7 Å². The third-order valence-electron chi connectivity index (χ3n) is 3.56. The van der Waals surface area contributed by atoms with Crippen LogP contribution in [0.4, 0.5) is 0 Å². The lowest BCUT2D eigenvalue weighted by molar-refractivity contribution is -0.147.